The molecule has 2 heterocycles. The van der Waals surface area contributed by atoms with E-state index in [2.05, 4.69) is 6.07 Å². The van der Waals surface area contributed by atoms with Gasteiger partial charge in [-0.15, -0.1) is 11.3 Å². The second-order valence-electron chi connectivity index (χ2n) is 4.33. The van der Waals surface area contributed by atoms with Crippen LogP contribution in [0.1, 0.15) is 22.0 Å². The molecule has 0 spiro atoms. The molecular formula is C14H15NO2S. The van der Waals surface area contributed by atoms with Gasteiger partial charge >= 0.3 is 0 Å². The average molecular weight is 261 g/mol. The van der Waals surface area contributed by atoms with E-state index in [9.17, 15) is 0 Å². The number of rotatable bonds is 3. The third-order valence-electron chi connectivity index (χ3n) is 3.21. The Morgan fingerprint density at radius 2 is 2.28 bits per heavy atom. The molecule has 3 nitrogen and oxygen atoms in total. The van der Waals surface area contributed by atoms with E-state index in [1.54, 1.807) is 18.4 Å². The molecule has 18 heavy (non-hydrogen) atoms. The van der Waals surface area contributed by atoms with Crippen molar-refractivity contribution >= 4 is 11.3 Å². The SMILES string of the molecule is COc1csc(C(N)c2ccc3c(c2)CCO3)c1. The first kappa shape index (κ1) is 11.6. The summed E-state index contributed by atoms with van der Waals surface area (Å²) in [7, 11) is 1.67. The zero-order valence-electron chi connectivity index (χ0n) is 10.2. The monoisotopic (exact) mass is 261 g/mol. The lowest BCUT2D eigenvalue weighted by atomic mass is 10.0. The standard InChI is InChI=1S/C14H15NO2S/c1-16-11-7-13(18-8-11)14(15)10-2-3-12-9(6-10)4-5-17-12/h2-3,6-8,14H,4-5,15H2,1H3. The maximum Gasteiger partial charge on any atom is 0.129 e. The van der Waals surface area contributed by atoms with Gasteiger partial charge in [-0.3, -0.25) is 0 Å². The van der Waals surface area contributed by atoms with Gasteiger partial charge in [0.25, 0.3) is 0 Å². The van der Waals surface area contributed by atoms with Crippen LogP contribution < -0.4 is 15.2 Å². The Morgan fingerprint density at radius 3 is 3.06 bits per heavy atom. The van der Waals surface area contributed by atoms with E-state index in [-0.39, 0.29) is 6.04 Å². The van der Waals surface area contributed by atoms with Crippen molar-refractivity contribution in [2.45, 2.75) is 12.5 Å². The molecule has 0 saturated heterocycles. The first-order valence-corrected chi connectivity index (χ1v) is 6.79. The third-order valence-corrected chi connectivity index (χ3v) is 4.20. The number of thiophene rings is 1. The van der Waals surface area contributed by atoms with Crippen molar-refractivity contribution in [3.8, 4) is 11.5 Å². The Morgan fingerprint density at radius 1 is 1.39 bits per heavy atom. The van der Waals surface area contributed by atoms with Gasteiger partial charge in [0.15, 0.2) is 0 Å². The van der Waals surface area contributed by atoms with E-state index in [0.29, 0.717) is 0 Å². The van der Waals surface area contributed by atoms with Gasteiger partial charge in [0.05, 0.1) is 19.8 Å². The molecule has 1 aliphatic rings. The van der Waals surface area contributed by atoms with Crippen LogP contribution in [0.2, 0.25) is 0 Å². The molecule has 94 valence electrons. The lowest BCUT2D eigenvalue weighted by Crippen LogP contribution is -2.10. The van der Waals surface area contributed by atoms with Crippen molar-refractivity contribution in [1.29, 1.82) is 0 Å². The van der Waals surface area contributed by atoms with E-state index in [1.165, 1.54) is 5.56 Å². The van der Waals surface area contributed by atoms with Gasteiger partial charge in [0.1, 0.15) is 11.5 Å². The van der Waals surface area contributed by atoms with Crippen molar-refractivity contribution in [2.75, 3.05) is 13.7 Å². The van der Waals surface area contributed by atoms with Gasteiger partial charge in [0, 0.05) is 16.7 Å². The summed E-state index contributed by atoms with van der Waals surface area (Å²) in [5, 5.41) is 1.98. The minimum Gasteiger partial charge on any atom is -0.496 e. The Kier molecular flexibility index (Phi) is 2.97. The van der Waals surface area contributed by atoms with Crippen LogP contribution in [0.3, 0.4) is 0 Å². The lowest BCUT2D eigenvalue weighted by molar-refractivity contribution is 0.357. The van der Waals surface area contributed by atoms with Crippen molar-refractivity contribution in [2.24, 2.45) is 5.73 Å². The molecule has 1 aliphatic heterocycles. The van der Waals surface area contributed by atoms with Crippen LogP contribution >= 0.6 is 11.3 Å². The average Bonchev–Trinajstić information content (AvgIpc) is 3.05. The predicted octanol–water partition coefficient (Wildman–Crippen LogP) is 2.74. The van der Waals surface area contributed by atoms with Gasteiger partial charge in [0.2, 0.25) is 0 Å². The van der Waals surface area contributed by atoms with Crippen LogP contribution in [0, 0.1) is 0 Å². The molecule has 2 aromatic rings. The fourth-order valence-electron chi connectivity index (χ4n) is 2.17. The molecule has 0 saturated carbocycles. The molecule has 1 aromatic heterocycles. The van der Waals surface area contributed by atoms with Crippen LogP contribution in [-0.2, 0) is 6.42 Å². The smallest absolute Gasteiger partial charge is 0.129 e. The number of benzene rings is 1. The number of fused-ring (bicyclic) bond motifs is 1. The highest BCUT2D eigenvalue weighted by Gasteiger charge is 2.17. The van der Waals surface area contributed by atoms with Crippen LogP contribution in [-0.4, -0.2) is 13.7 Å². The van der Waals surface area contributed by atoms with E-state index >= 15 is 0 Å². The first-order valence-electron chi connectivity index (χ1n) is 5.91. The molecule has 2 N–H and O–H groups in total. The van der Waals surface area contributed by atoms with Crippen molar-refractivity contribution in [3.05, 3.63) is 45.6 Å². The molecule has 4 heteroatoms. The molecule has 0 bridgehead atoms. The molecule has 0 fully saturated rings. The van der Waals surface area contributed by atoms with E-state index in [4.69, 9.17) is 15.2 Å². The summed E-state index contributed by atoms with van der Waals surface area (Å²) in [6, 6.07) is 8.12. The fourth-order valence-corrected chi connectivity index (χ4v) is 3.05. The summed E-state index contributed by atoms with van der Waals surface area (Å²) in [5.41, 5.74) is 8.68. The van der Waals surface area contributed by atoms with Crippen LogP contribution in [0.25, 0.3) is 0 Å². The molecule has 1 atom stereocenters. The number of ether oxygens (including phenoxy) is 2. The summed E-state index contributed by atoms with van der Waals surface area (Å²) in [4.78, 5) is 1.12. The largest absolute Gasteiger partial charge is 0.496 e. The highest BCUT2D eigenvalue weighted by atomic mass is 32.1. The molecule has 3 rings (SSSR count). The summed E-state index contributed by atoms with van der Waals surface area (Å²) in [6.07, 6.45) is 0.976. The molecule has 0 aliphatic carbocycles. The van der Waals surface area contributed by atoms with Crippen LogP contribution in [0.15, 0.2) is 29.6 Å². The van der Waals surface area contributed by atoms with E-state index in [0.717, 1.165) is 35.0 Å². The maximum absolute atomic E-state index is 6.29. The van der Waals surface area contributed by atoms with E-state index < -0.39 is 0 Å². The van der Waals surface area contributed by atoms with Gasteiger partial charge in [-0.25, -0.2) is 0 Å². The van der Waals surface area contributed by atoms with Gasteiger partial charge in [-0.1, -0.05) is 12.1 Å². The Balaban J connectivity index is 1.89. The normalized spacial score (nSPS) is 15.0. The minimum atomic E-state index is -0.0928. The van der Waals surface area contributed by atoms with Crippen LogP contribution in [0.4, 0.5) is 0 Å². The second kappa shape index (κ2) is 4.63. The van der Waals surface area contributed by atoms with Gasteiger partial charge < -0.3 is 15.2 Å². The highest BCUT2D eigenvalue weighted by Crippen LogP contribution is 2.33. The quantitative estimate of drug-likeness (QED) is 0.924. The number of nitrogens with two attached hydrogens (primary N) is 1. The molecule has 0 amide bonds. The fraction of sp³-hybridized carbons (Fsp3) is 0.286. The summed E-state index contributed by atoms with van der Waals surface area (Å²) < 4.78 is 10.7. The molecule has 0 radical (unpaired) electrons. The zero-order valence-corrected chi connectivity index (χ0v) is 11.0. The van der Waals surface area contributed by atoms with Gasteiger partial charge in [-0.05, 0) is 23.3 Å². The molecule has 1 aromatic carbocycles. The van der Waals surface area contributed by atoms with E-state index in [1.807, 2.05) is 23.6 Å². The number of hydrogen-bond acceptors (Lipinski definition) is 4. The summed E-state index contributed by atoms with van der Waals surface area (Å²) >= 11 is 1.63. The van der Waals surface area contributed by atoms with Crippen LogP contribution in [0.5, 0.6) is 11.5 Å². The Hall–Kier alpha value is -1.52. The molecule has 1 unspecified atom stereocenters. The minimum absolute atomic E-state index is 0.0928. The topological polar surface area (TPSA) is 44.5 Å². The highest BCUT2D eigenvalue weighted by molar-refractivity contribution is 7.10. The lowest BCUT2D eigenvalue weighted by Gasteiger charge is -2.11. The van der Waals surface area contributed by atoms with Crippen molar-refractivity contribution in [1.82, 2.24) is 0 Å². The summed E-state index contributed by atoms with van der Waals surface area (Å²) in [6.45, 7) is 0.779. The van der Waals surface area contributed by atoms with Gasteiger partial charge in [-0.2, -0.15) is 0 Å². The third kappa shape index (κ3) is 1.98. The Labute approximate surface area is 110 Å². The van der Waals surface area contributed by atoms with Crippen molar-refractivity contribution in [3.63, 3.8) is 0 Å². The molecular weight excluding hydrogens is 246 g/mol. The maximum atomic E-state index is 6.29. The predicted molar refractivity (Wildman–Crippen MR) is 72.5 cm³/mol. The summed E-state index contributed by atoms with van der Waals surface area (Å²) in [5.74, 6) is 1.87. The number of hydrogen-bond donors (Lipinski definition) is 1. The number of methoxy groups -OCH3 is 1. The first-order chi connectivity index (χ1) is 8.78. The zero-order chi connectivity index (χ0) is 12.5. The van der Waals surface area contributed by atoms with Crippen molar-refractivity contribution < 1.29 is 9.47 Å². The Bertz CT molecular complexity index is 565. The second-order valence-corrected chi connectivity index (χ2v) is 5.28.